The zero-order chi connectivity index (χ0) is 56.2. The molecule has 0 saturated heterocycles. The Bertz CT molecular complexity index is 1110. The van der Waals surface area contributed by atoms with Gasteiger partial charge in [-0.05, 0) is 19.3 Å². The van der Waals surface area contributed by atoms with Crippen LogP contribution in [0.25, 0.3) is 0 Å². The van der Waals surface area contributed by atoms with Crippen molar-refractivity contribution in [3.05, 3.63) is 12.2 Å². The van der Waals surface area contributed by atoms with Crippen molar-refractivity contribution < 1.29 is 15.0 Å². The molecule has 0 aliphatic heterocycles. The predicted molar refractivity (Wildman–Crippen MR) is 350 cm³/mol. The van der Waals surface area contributed by atoms with Gasteiger partial charge in [0.15, 0.2) is 0 Å². The lowest BCUT2D eigenvalue weighted by atomic mass is 10.0. The van der Waals surface area contributed by atoms with Crippen LogP contribution in [0.2, 0.25) is 0 Å². The normalized spacial score (nSPS) is 12.6. The molecule has 4 nitrogen and oxygen atoms in total. The molecule has 2 atom stereocenters. The van der Waals surface area contributed by atoms with E-state index >= 15 is 0 Å². The van der Waals surface area contributed by atoms with Gasteiger partial charge < -0.3 is 15.5 Å². The Hall–Kier alpha value is -0.870. The van der Waals surface area contributed by atoms with Gasteiger partial charge >= 0.3 is 0 Å². The highest BCUT2D eigenvalue weighted by atomic mass is 16.3. The molecule has 0 aromatic rings. The van der Waals surface area contributed by atoms with E-state index in [1.165, 1.54) is 392 Å². The van der Waals surface area contributed by atoms with E-state index < -0.39 is 12.1 Å². The van der Waals surface area contributed by atoms with Crippen molar-refractivity contribution in [1.82, 2.24) is 5.32 Å². The molecule has 0 radical (unpaired) electrons. The summed E-state index contributed by atoms with van der Waals surface area (Å²) in [6, 6.07) is -0.620. The molecule has 78 heavy (non-hydrogen) atoms. The van der Waals surface area contributed by atoms with Crippen LogP contribution in [0.5, 0.6) is 0 Å². The Morgan fingerprint density at radius 1 is 0.295 bits per heavy atom. The first-order valence-corrected chi connectivity index (χ1v) is 36.9. The summed E-state index contributed by atoms with van der Waals surface area (Å²) in [7, 11) is 0. The van der Waals surface area contributed by atoms with Crippen molar-refractivity contribution in [3.63, 3.8) is 0 Å². The standard InChI is InChI=1S/C74H147NO3/c1-3-5-7-9-11-13-15-17-19-21-23-25-27-29-31-33-34-35-36-37-38-39-40-42-44-46-48-50-52-54-56-58-60-62-64-66-68-70-74(78)75-72(71-76)73(77)69-67-65-63-61-59-57-55-53-51-49-47-45-43-41-32-30-28-26-24-22-20-18-16-14-12-10-8-6-4-2/h67,69,72-73,76-77H,3-66,68,70-71H2,1-2H3,(H,75,78)/b69-67+. The smallest absolute Gasteiger partial charge is 0.220 e. The molecule has 0 aromatic heterocycles. The minimum atomic E-state index is -0.837. The summed E-state index contributed by atoms with van der Waals surface area (Å²) in [6.07, 6.45) is 94.8. The van der Waals surface area contributed by atoms with Gasteiger partial charge in [-0.15, -0.1) is 0 Å². The van der Waals surface area contributed by atoms with Crippen LogP contribution in [0.3, 0.4) is 0 Å². The van der Waals surface area contributed by atoms with E-state index in [4.69, 9.17) is 0 Å². The second-order valence-electron chi connectivity index (χ2n) is 25.7. The number of hydrogen-bond donors (Lipinski definition) is 3. The highest BCUT2D eigenvalue weighted by Gasteiger charge is 2.18. The van der Waals surface area contributed by atoms with Crippen LogP contribution >= 0.6 is 0 Å². The molecule has 0 aliphatic rings. The highest BCUT2D eigenvalue weighted by Crippen LogP contribution is 2.20. The third-order valence-corrected chi connectivity index (χ3v) is 17.8. The average molecular weight is 1100 g/mol. The van der Waals surface area contributed by atoms with Gasteiger partial charge in [0, 0.05) is 6.42 Å². The first-order valence-electron chi connectivity index (χ1n) is 36.9. The molecular formula is C74H147NO3. The average Bonchev–Trinajstić information content (AvgIpc) is 3.44. The highest BCUT2D eigenvalue weighted by molar-refractivity contribution is 5.76. The summed E-state index contributed by atoms with van der Waals surface area (Å²) in [5.74, 6) is -0.0524. The lowest BCUT2D eigenvalue weighted by molar-refractivity contribution is -0.123. The monoisotopic (exact) mass is 1100 g/mol. The van der Waals surface area contributed by atoms with Crippen molar-refractivity contribution in [2.24, 2.45) is 0 Å². The maximum atomic E-state index is 12.6. The van der Waals surface area contributed by atoms with Gasteiger partial charge in [0.05, 0.1) is 18.8 Å². The minimum absolute atomic E-state index is 0.0524. The zero-order valence-electron chi connectivity index (χ0n) is 54.0. The number of allylic oxidation sites excluding steroid dienone is 1. The van der Waals surface area contributed by atoms with Gasteiger partial charge in [-0.1, -0.05) is 424 Å². The first kappa shape index (κ1) is 77.1. The fourth-order valence-corrected chi connectivity index (χ4v) is 12.2. The molecule has 0 aromatic carbocycles. The first-order chi connectivity index (χ1) is 38.7. The van der Waals surface area contributed by atoms with E-state index in [2.05, 4.69) is 19.2 Å². The van der Waals surface area contributed by atoms with Crippen LogP contribution in [0, 0.1) is 0 Å². The van der Waals surface area contributed by atoms with Gasteiger partial charge in [0.25, 0.3) is 0 Å². The Labute approximate surface area is 492 Å². The molecule has 0 spiro atoms. The molecule has 0 rings (SSSR count). The number of aliphatic hydroxyl groups excluding tert-OH is 2. The molecular weight excluding hydrogens is 951 g/mol. The van der Waals surface area contributed by atoms with E-state index in [0.29, 0.717) is 6.42 Å². The van der Waals surface area contributed by atoms with Gasteiger partial charge in [0.1, 0.15) is 0 Å². The van der Waals surface area contributed by atoms with Crippen LogP contribution < -0.4 is 5.32 Å². The van der Waals surface area contributed by atoms with E-state index in [-0.39, 0.29) is 12.5 Å². The molecule has 0 fully saturated rings. The van der Waals surface area contributed by atoms with Crippen LogP contribution in [0.1, 0.15) is 438 Å². The number of nitrogens with one attached hydrogen (secondary N) is 1. The van der Waals surface area contributed by atoms with Gasteiger partial charge in [-0.25, -0.2) is 0 Å². The van der Waals surface area contributed by atoms with Crippen LogP contribution in [-0.4, -0.2) is 34.9 Å². The SMILES string of the molecule is CCCCCCCCCCCCCCCCCCCCCCCCCCCCC/C=C/C(O)C(CO)NC(=O)CCCCCCCCCCCCCCCCCCCCCCCCCCCCCCCCCCCCCCC. The van der Waals surface area contributed by atoms with E-state index in [9.17, 15) is 15.0 Å². The Balaban J connectivity index is 3.37. The third-order valence-electron chi connectivity index (χ3n) is 17.8. The van der Waals surface area contributed by atoms with E-state index in [1.807, 2.05) is 6.08 Å². The van der Waals surface area contributed by atoms with E-state index in [1.54, 1.807) is 6.08 Å². The van der Waals surface area contributed by atoms with Crippen molar-refractivity contribution in [2.75, 3.05) is 6.61 Å². The van der Waals surface area contributed by atoms with Crippen LogP contribution in [0.4, 0.5) is 0 Å². The Kier molecular flexibility index (Phi) is 69.6. The lowest BCUT2D eigenvalue weighted by Gasteiger charge is -2.20. The lowest BCUT2D eigenvalue weighted by Crippen LogP contribution is -2.45. The van der Waals surface area contributed by atoms with Crippen molar-refractivity contribution in [1.29, 1.82) is 0 Å². The molecule has 466 valence electrons. The molecule has 1 amide bonds. The summed E-state index contributed by atoms with van der Waals surface area (Å²) in [5, 5.41) is 23.3. The van der Waals surface area contributed by atoms with Gasteiger partial charge in [-0.3, -0.25) is 4.79 Å². The minimum Gasteiger partial charge on any atom is -0.394 e. The molecule has 2 unspecified atom stereocenters. The molecule has 4 heteroatoms. The van der Waals surface area contributed by atoms with Gasteiger partial charge in [0.2, 0.25) is 5.91 Å². The number of carbonyl (C=O) groups is 1. The molecule has 0 heterocycles. The summed E-state index contributed by atoms with van der Waals surface area (Å²) >= 11 is 0. The van der Waals surface area contributed by atoms with Crippen molar-refractivity contribution in [2.45, 2.75) is 450 Å². The number of carbonyl (C=O) groups excluding carboxylic acids is 1. The Morgan fingerprint density at radius 3 is 0.667 bits per heavy atom. The summed E-state index contributed by atoms with van der Waals surface area (Å²) in [6.45, 7) is 4.37. The largest absolute Gasteiger partial charge is 0.394 e. The topological polar surface area (TPSA) is 69.6 Å². The second-order valence-corrected chi connectivity index (χ2v) is 25.7. The molecule has 3 N–H and O–H groups in total. The van der Waals surface area contributed by atoms with Gasteiger partial charge in [-0.2, -0.15) is 0 Å². The predicted octanol–water partition coefficient (Wildman–Crippen LogP) is 25.2. The molecule has 0 aliphatic carbocycles. The second kappa shape index (κ2) is 70.4. The fraction of sp³-hybridized carbons (Fsp3) is 0.959. The number of aliphatic hydroxyl groups is 2. The summed E-state index contributed by atoms with van der Waals surface area (Å²) in [5.41, 5.74) is 0. The number of amides is 1. The third kappa shape index (κ3) is 65.9. The summed E-state index contributed by atoms with van der Waals surface area (Å²) < 4.78 is 0. The quantitative estimate of drug-likeness (QED) is 0.0420. The van der Waals surface area contributed by atoms with Crippen LogP contribution in [0.15, 0.2) is 12.2 Å². The fourth-order valence-electron chi connectivity index (χ4n) is 12.2. The maximum Gasteiger partial charge on any atom is 0.220 e. The number of hydrogen-bond acceptors (Lipinski definition) is 3. The molecule has 0 saturated carbocycles. The summed E-state index contributed by atoms with van der Waals surface area (Å²) in [4.78, 5) is 12.6. The maximum absolute atomic E-state index is 12.6. The Morgan fingerprint density at radius 2 is 0.474 bits per heavy atom. The van der Waals surface area contributed by atoms with Crippen molar-refractivity contribution >= 4 is 5.91 Å². The van der Waals surface area contributed by atoms with Crippen molar-refractivity contribution in [3.8, 4) is 0 Å². The number of unbranched alkanes of at least 4 members (excludes halogenated alkanes) is 63. The van der Waals surface area contributed by atoms with Crippen LogP contribution in [-0.2, 0) is 4.79 Å². The van der Waals surface area contributed by atoms with E-state index in [0.717, 1.165) is 25.7 Å². The number of rotatable bonds is 70. The molecule has 0 bridgehead atoms. The zero-order valence-corrected chi connectivity index (χ0v) is 54.0.